The van der Waals surface area contributed by atoms with Crippen LogP contribution < -0.4 is 25.5 Å². The van der Waals surface area contributed by atoms with Crippen molar-refractivity contribution in [3.63, 3.8) is 0 Å². The Labute approximate surface area is 327 Å². The van der Waals surface area contributed by atoms with Gasteiger partial charge in [0.2, 0.25) is 0 Å². The Bertz CT molecular complexity index is 2880. The number of benzene rings is 7. The number of aromatic nitrogens is 2. The van der Waals surface area contributed by atoms with Crippen LogP contribution >= 0.6 is 11.3 Å². The number of hydrogen-bond donors (Lipinski definition) is 0. The van der Waals surface area contributed by atoms with Crippen molar-refractivity contribution in [2.45, 2.75) is 45.4 Å². The largest absolute Gasteiger partial charge is 0.457 e. The first kappa shape index (κ1) is 33.8. The Kier molecular flexibility index (Phi) is 7.61. The minimum atomic E-state index is -3.03. The fraction of sp³-hybridized carbons (Fsp3) is 0.140. The molecule has 2 aromatic heterocycles. The van der Waals surface area contributed by atoms with E-state index >= 15 is 0 Å². The van der Waals surface area contributed by atoms with E-state index in [1.165, 1.54) is 58.8 Å². The Morgan fingerprint density at radius 3 is 1.98 bits per heavy atom. The molecule has 0 spiro atoms. The van der Waals surface area contributed by atoms with Gasteiger partial charge in [0.15, 0.2) is 13.0 Å². The lowest BCUT2D eigenvalue weighted by Gasteiger charge is -2.41. The van der Waals surface area contributed by atoms with Crippen molar-refractivity contribution in [3.8, 4) is 22.6 Å². The number of para-hydroxylation sites is 4. The van der Waals surface area contributed by atoms with Crippen LogP contribution in [0, 0.1) is 0 Å². The fourth-order valence-electron chi connectivity index (χ4n) is 9.15. The van der Waals surface area contributed by atoms with Crippen LogP contribution in [0.5, 0.6) is 11.5 Å². The Morgan fingerprint density at radius 1 is 0.600 bits per heavy atom. The number of fused-ring (bicyclic) bond motifs is 7. The van der Waals surface area contributed by atoms with Crippen LogP contribution in [0.4, 0.5) is 0 Å². The van der Waals surface area contributed by atoms with Gasteiger partial charge in [0, 0.05) is 22.1 Å². The van der Waals surface area contributed by atoms with Crippen molar-refractivity contribution in [2.24, 2.45) is 0 Å². The molecule has 55 heavy (non-hydrogen) atoms. The van der Waals surface area contributed by atoms with E-state index in [-0.39, 0.29) is 10.8 Å². The minimum Gasteiger partial charge on any atom is -0.457 e. The van der Waals surface area contributed by atoms with Gasteiger partial charge >= 0.3 is 0 Å². The minimum absolute atomic E-state index is 0.154. The van der Waals surface area contributed by atoms with Crippen molar-refractivity contribution < 1.29 is 4.74 Å². The highest BCUT2D eigenvalue weighted by molar-refractivity contribution is 7.24. The summed E-state index contributed by atoms with van der Waals surface area (Å²) < 4.78 is 10.7. The zero-order valence-electron chi connectivity index (χ0n) is 31.8. The lowest BCUT2D eigenvalue weighted by atomic mass is 9.76. The van der Waals surface area contributed by atoms with Crippen molar-refractivity contribution in [1.29, 1.82) is 0 Å². The number of imidazole rings is 1. The lowest BCUT2D eigenvalue weighted by Crippen LogP contribution is -2.75. The van der Waals surface area contributed by atoms with E-state index < -0.39 is 8.07 Å². The monoisotopic (exact) mass is 746 g/mol. The number of thiazole rings is 1. The molecule has 1 aliphatic heterocycles. The molecule has 3 nitrogen and oxygen atoms in total. The third-order valence-corrected chi connectivity index (χ3v) is 17.7. The van der Waals surface area contributed by atoms with Crippen molar-refractivity contribution in [1.82, 2.24) is 9.38 Å². The second-order valence-electron chi connectivity index (χ2n) is 16.4. The molecule has 0 unspecified atom stereocenters. The standard InChI is InChI=1S/C50H42N2OSSi/c1-49(2,3)40-32-35(30-31-36(40)37-22-16-27-43-47(37)54-48-51-41-25-13-14-26-42(41)52(43)48)55(33-18-8-6-9-19-33,34-20-10-7-11-21-34)45-29-17-24-39-46(45)53-44-28-15-12-23-38(44)50(39,4)5/h6-32H,1-5H3. The molecule has 0 aliphatic carbocycles. The normalized spacial score (nSPS) is 13.8. The molecule has 10 rings (SSSR count). The molecule has 1 aliphatic rings. The van der Waals surface area contributed by atoms with Crippen molar-refractivity contribution in [3.05, 3.63) is 180 Å². The first-order valence-corrected chi connectivity index (χ1v) is 22.0. The zero-order valence-corrected chi connectivity index (χ0v) is 33.6. The molecule has 0 amide bonds. The van der Waals surface area contributed by atoms with Crippen molar-refractivity contribution >= 4 is 66.4 Å². The maximum atomic E-state index is 7.13. The molecule has 3 heterocycles. The van der Waals surface area contributed by atoms with Crippen LogP contribution in [0.25, 0.3) is 37.3 Å². The SMILES string of the molecule is CC(C)(C)c1cc([Si](c2ccccc2)(c2ccccc2)c2cccc3c2Oc2ccccc2C3(C)C)ccc1-c1cccc2c1sc1nc3ccccc3n12. The summed E-state index contributed by atoms with van der Waals surface area (Å²) in [6, 6.07) is 60.5. The van der Waals surface area contributed by atoms with Gasteiger partial charge in [0.05, 0.1) is 21.3 Å². The summed E-state index contributed by atoms with van der Waals surface area (Å²) in [5, 5.41) is 5.27. The highest BCUT2D eigenvalue weighted by Crippen LogP contribution is 2.48. The summed E-state index contributed by atoms with van der Waals surface area (Å²) in [5.41, 5.74) is 9.26. The van der Waals surface area contributed by atoms with Crippen LogP contribution in [0.2, 0.25) is 0 Å². The van der Waals surface area contributed by atoms with Gasteiger partial charge in [-0.3, -0.25) is 4.40 Å². The average Bonchev–Trinajstić information content (AvgIpc) is 3.76. The smallest absolute Gasteiger partial charge is 0.195 e. The van der Waals surface area contributed by atoms with Gasteiger partial charge in [-0.2, -0.15) is 0 Å². The summed E-state index contributed by atoms with van der Waals surface area (Å²) in [4.78, 5) is 6.06. The average molecular weight is 747 g/mol. The summed E-state index contributed by atoms with van der Waals surface area (Å²) >= 11 is 1.78. The fourth-order valence-corrected chi connectivity index (χ4v) is 15.2. The molecule has 0 saturated carbocycles. The van der Waals surface area contributed by atoms with E-state index in [1.807, 2.05) is 0 Å². The van der Waals surface area contributed by atoms with Gasteiger partial charge in [0.1, 0.15) is 11.5 Å². The highest BCUT2D eigenvalue weighted by Gasteiger charge is 2.47. The lowest BCUT2D eigenvalue weighted by molar-refractivity contribution is 0.421. The van der Waals surface area contributed by atoms with Crippen LogP contribution in [0.1, 0.15) is 51.3 Å². The van der Waals surface area contributed by atoms with Gasteiger partial charge in [-0.1, -0.05) is 185 Å². The van der Waals surface area contributed by atoms with Gasteiger partial charge in [0.25, 0.3) is 0 Å². The van der Waals surface area contributed by atoms with Gasteiger partial charge in [-0.05, 0) is 61.6 Å². The third kappa shape index (κ3) is 5.03. The molecule has 5 heteroatoms. The molecular weight excluding hydrogens is 705 g/mol. The molecule has 9 aromatic rings. The van der Waals surface area contributed by atoms with Gasteiger partial charge in [-0.15, -0.1) is 0 Å². The van der Waals surface area contributed by atoms with Crippen LogP contribution in [-0.4, -0.2) is 17.5 Å². The zero-order chi connectivity index (χ0) is 37.5. The van der Waals surface area contributed by atoms with Crippen LogP contribution in [-0.2, 0) is 10.8 Å². The number of nitrogens with zero attached hydrogens (tertiary/aromatic N) is 2. The highest BCUT2D eigenvalue weighted by atomic mass is 32.1. The molecule has 0 bridgehead atoms. The first-order chi connectivity index (χ1) is 26.7. The quantitative estimate of drug-likeness (QED) is 0.130. The maximum Gasteiger partial charge on any atom is 0.195 e. The number of rotatable bonds is 5. The maximum absolute atomic E-state index is 7.13. The summed E-state index contributed by atoms with van der Waals surface area (Å²) in [7, 11) is -3.03. The molecule has 7 aromatic carbocycles. The summed E-state index contributed by atoms with van der Waals surface area (Å²) in [6.07, 6.45) is 0. The Morgan fingerprint density at radius 2 is 1.24 bits per heavy atom. The van der Waals surface area contributed by atoms with Gasteiger partial charge < -0.3 is 4.74 Å². The molecular formula is C50H42N2OSSi. The van der Waals surface area contributed by atoms with E-state index in [9.17, 15) is 0 Å². The predicted octanol–water partition coefficient (Wildman–Crippen LogP) is 10.5. The molecule has 0 atom stereocenters. The second kappa shape index (κ2) is 12.4. The second-order valence-corrected chi connectivity index (χ2v) is 21.1. The Balaban J connectivity index is 1.28. The van der Waals surface area contributed by atoms with Gasteiger partial charge in [-0.25, -0.2) is 4.98 Å². The van der Waals surface area contributed by atoms with E-state index in [4.69, 9.17) is 9.72 Å². The molecule has 0 fully saturated rings. The van der Waals surface area contributed by atoms with Crippen molar-refractivity contribution in [2.75, 3.05) is 0 Å². The number of hydrogen-bond acceptors (Lipinski definition) is 3. The van der Waals surface area contributed by atoms with Crippen LogP contribution in [0.15, 0.2) is 164 Å². The Hall–Kier alpha value is -5.75. The van der Waals surface area contributed by atoms with E-state index in [0.29, 0.717) is 0 Å². The van der Waals surface area contributed by atoms with E-state index in [0.717, 1.165) is 27.5 Å². The summed E-state index contributed by atoms with van der Waals surface area (Å²) in [6.45, 7) is 11.7. The number of ether oxygens (including phenoxy) is 1. The van der Waals surface area contributed by atoms with E-state index in [2.05, 4.69) is 203 Å². The topological polar surface area (TPSA) is 26.5 Å². The van der Waals surface area contributed by atoms with E-state index in [1.54, 1.807) is 11.3 Å². The molecule has 0 N–H and O–H groups in total. The molecule has 0 radical (unpaired) electrons. The third-order valence-electron chi connectivity index (χ3n) is 11.8. The van der Waals surface area contributed by atoms with Crippen LogP contribution in [0.3, 0.4) is 0 Å². The summed E-state index contributed by atoms with van der Waals surface area (Å²) in [5.74, 6) is 1.93. The predicted molar refractivity (Wildman–Crippen MR) is 234 cm³/mol. The molecule has 268 valence electrons. The first-order valence-electron chi connectivity index (χ1n) is 19.1. The molecule has 0 saturated heterocycles.